The van der Waals surface area contributed by atoms with Gasteiger partial charge in [-0.2, -0.15) is 4.57 Å². The first-order valence-corrected chi connectivity index (χ1v) is 53.6. The van der Waals surface area contributed by atoms with E-state index in [1.807, 2.05) is 0 Å². The van der Waals surface area contributed by atoms with Crippen LogP contribution in [-0.2, 0) is 30.1 Å². The van der Waals surface area contributed by atoms with E-state index in [4.69, 9.17) is 0 Å². The zero-order valence-electron chi connectivity index (χ0n) is 89.4. The third-order valence-corrected chi connectivity index (χ3v) is 28.6. The summed E-state index contributed by atoms with van der Waals surface area (Å²) in [6.07, 6.45) is 23.9. The normalized spacial score (nSPS) is 12.7. The highest BCUT2D eigenvalue weighted by Gasteiger charge is 2.30. The van der Waals surface area contributed by atoms with E-state index >= 15 is 0 Å². The standard InChI is InChI=1S/C35H50N.C27H25N.C21H21N.C19H25N.C17H27N.C15H21N/c1-9-11-23-34(5,6)31-17-13-29(14-18-31)33(36-25-21-28(22-26-36)27(3)4)30-15-19-32(20-16-30)35(7,8)24-12-10-2;1-21(2)22-13-15-23(16-14-22)24-17-19-27(20-18-24)28(25-9-5-3-6-10-25)26-11-7-4-8-12-26;1-17(2)18-13-15-21(16-14-18)22(19-9-5-3-6-10-19)20-11-7-4-8-12-20;1-15(2)14-20(18-8-6-5-7-9-18)19-12-10-17(11-13-19)16(3)4;1-4-5-6-11-18-12-7-8-16-13-15(14(2)3)9-10-17(16)18;1-11(2)14-9-12-5-3-7-16-8-4-6-13(10-14)15(12)16/h13-22,25-27,33H,9-12,23-24H2,1-8H3;3-21H,1-2H3;3-17H,1-2H3;5-13,15-16H,14H2,1-4H3;9-10,13-14H,4-8,11-12H2,1-3H3;9-11H,3-8H2,1-2H3/q+1;;;;;. The van der Waals surface area contributed by atoms with Gasteiger partial charge in [0.25, 0.3) is 0 Å². The predicted octanol–water partition coefficient (Wildman–Crippen LogP) is 37.8. The monoisotopic (exact) mass is 1860 g/mol. The summed E-state index contributed by atoms with van der Waals surface area (Å²) in [4.78, 5) is 12.2. The molecule has 6 heteroatoms. The van der Waals surface area contributed by atoms with Crippen molar-refractivity contribution in [2.75, 3.05) is 57.2 Å². The average molecular weight is 1860 g/mol. The predicted molar refractivity (Wildman–Crippen MR) is 611 cm³/mol. The number of anilines is 10. The molecule has 0 atom stereocenters. The number of nitrogens with zero attached hydrogens (tertiary/aromatic N) is 6. The van der Waals surface area contributed by atoms with Gasteiger partial charge in [0, 0.05) is 113 Å². The Hall–Kier alpha value is -12.0. The van der Waals surface area contributed by atoms with Gasteiger partial charge >= 0.3 is 0 Å². The van der Waals surface area contributed by atoms with E-state index in [1.165, 1.54) is 223 Å². The molecule has 0 aliphatic carbocycles. The molecule has 734 valence electrons. The molecule has 0 saturated heterocycles. The van der Waals surface area contributed by atoms with Gasteiger partial charge in [-0.3, -0.25) is 0 Å². The van der Waals surface area contributed by atoms with Crippen molar-refractivity contribution in [3.05, 3.63) is 424 Å². The highest BCUT2D eigenvalue weighted by Crippen LogP contribution is 2.43. The Morgan fingerprint density at radius 3 is 0.979 bits per heavy atom. The maximum Gasteiger partial charge on any atom is 0.208 e. The molecule has 0 spiro atoms. The Labute approximate surface area is 848 Å². The van der Waals surface area contributed by atoms with Crippen LogP contribution in [0.2, 0.25) is 0 Å². The van der Waals surface area contributed by atoms with E-state index in [9.17, 15) is 0 Å². The van der Waals surface area contributed by atoms with Gasteiger partial charge in [0.15, 0.2) is 12.4 Å². The maximum atomic E-state index is 2.61. The van der Waals surface area contributed by atoms with E-state index in [-0.39, 0.29) is 16.9 Å². The summed E-state index contributed by atoms with van der Waals surface area (Å²) in [7, 11) is 0. The number of fused-ring (bicyclic) bond motifs is 1. The second kappa shape index (κ2) is 53.0. The summed E-state index contributed by atoms with van der Waals surface area (Å²) >= 11 is 0. The highest BCUT2D eigenvalue weighted by molar-refractivity contribution is 5.79. The van der Waals surface area contributed by atoms with Crippen LogP contribution in [0, 0.1) is 5.92 Å². The average Bonchev–Trinajstić information content (AvgIpc) is 0.772. The lowest BCUT2D eigenvalue weighted by atomic mass is 9.79. The number of benzene rings is 13. The quantitative estimate of drug-likeness (QED) is 0.0308. The second-order valence-electron chi connectivity index (χ2n) is 42.9. The van der Waals surface area contributed by atoms with Crippen LogP contribution in [0.1, 0.15) is 336 Å². The van der Waals surface area contributed by atoms with Crippen LogP contribution in [0.25, 0.3) is 11.1 Å². The molecule has 3 aliphatic heterocycles. The molecule has 0 N–H and O–H groups in total. The zero-order valence-corrected chi connectivity index (χ0v) is 89.4. The molecule has 6 nitrogen and oxygen atoms in total. The summed E-state index contributed by atoms with van der Waals surface area (Å²) in [5.41, 5.74) is 34.4. The van der Waals surface area contributed by atoms with Gasteiger partial charge < -0.3 is 24.5 Å². The lowest BCUT2D eigenvalue weighted by molar-refractivity contribution is -0.704. The fourth-order valence-corrected chi connectivity index (χ4v) is 19.8. The Morgan fingerprint density at radius 1 is 0.293 bits per heavy atom. The first-order valence-electron chi connectivity index (χ1n) is 53.6. The van der Waals surface area contributed by atoms with Crippen molar-refractivity contribution in [3.8, 4) is 11.1 Å². The van der Waals surface area contributed by atoms with Gasteiger partial charge in [-0.1, -0.05) is 408 Å². The van der Waals surface area contributed by atoms with Gasteiger partial charge in [-0.05, 0) is 285 Å². The Balaban J connectivity index is 0.000000153. The lowest BCUT2D eigenvalue weighted by Crippen LogP contribution is -2.40. The van der Waals surface area contributed by atoms with Crippen molar-refractivity contribution < 1.29 is 4.57 Å². The molecule has 0 saturated carbocycles. The lowest BCUT2D eigenvalue weighted by Gasteiger charge is -2.37. The van der Waals surface area contributed by atoms with Crippen molar-refractivity contribution >= 4 is 56.9 Å². The molecule has 1 aromatic heterocycles. The molecule has 0 radical (unpaired) electrons. The fourth-order valence-electron chi connectivity index (χ4n) is 19.8. The number of pyridine rings is 1. The number of hydrogen-bond donors (Lipinski definition) is 0. The molecule has 0 fully saturated rings. The molecule has 13 aromatic carbocycles. The smallest absolute Gasteiger partial charge is 0.208 e. The summed E-state index contributed by atoms with van der Waals surface area (Å²) < 4.78 is 2.38. The zero-order chi connectivity index (χ0) is 99.7. The molecular weight excluding hydrogens is 1690 g/mol. The second-order valence-corrected chi connectivity index (χ2v) is 42.9. The summed E-state index contributed by atoms with van der Waals surface area (Å²) in [6.45, 7) is 54.0. The molecule has 0 unspecified atom stereocenters. The van der Waals surface area contributed by atoms with Crippen molar-refractivity contribution in [1.29, 1.82) is 0 Å². The van der Waals surface area contributed by atoms with Gasteiger partial charge in [0.1, 0.15) is 0 Å². The Kier molecular flexibility index (Phi) is 40.5. The third kappa shape index (κ3) is 30.0. The highest BCUT2D eigenvalue weighted by atomic mass is 15.2. The molecule has 140 heavy (non-hydrogen) atoms. The van der Waals surface area contributed by atoms with Crippen LogP contribution in [0.5, 0.6) is 0 Å². The molecular formula is C134H169N6+. The minimum Gasteiger partial charge on any atom is -0.371 e. The van der Waals surface area contributed by atoms with E-state index in [0.29, 0.717) is 41.4 Å². The maximum absolute atomic E-state index is 2.61. The third-order valence-electron chi connectivity index (χ3n) is 28.6. The van der Waals surface area contributed by atoms with Crippen LogP contribution in [-0.4, -0.2) is 32.7 Å². The molecule has 0 amide bonds. The first kappa shape index (κ1) is 107. The van der Waals surface area contributed by atoms with Crippen LogP contribution >= 0.6 is 0 Å². The SMILES string of the molecule is CC(C)CN(c1ccccc1)c1ccc(C(C)C)cc1.CC(C)c1cc2c3c(c1)CCCN3CCC2.CC(C)c1ccc(-c2ccc(N(c3ccccc3)c3ccccc3)cc2)cc1.CC(C)c1ccc(N(c2ccccc2)c2ccccc2)cc1.CCCCC(C)(C)c1ccc(C(c2ccc(C(C)(C)CCCC)cc2)[n+]2ccc(C(C)C)cc2)cc1.CCCCCN1CCCc2cc(C(C)C)ccc21. The van der Waals surface area contributed by atoms with Crippen molar-refractivity contribution in [2.45, 2.75) is 294 Å². The van der Waals surface area contributed by atoms with Crippen LogP contribution in [0.4, 0.5) is 56.9 Å². The largest absolute Gasteiger partial charge is 0.371 e. The summed E-state index contributed by atoms with van der Waals surface area (Å²) in [6, 6.07) is 124. The van der Waals surface area contributed by atoms with Crippen molar-refractivity contribution in [2.24, 2.45) is 5.92 Å². The van der Waals surface area contributed by atoms with Gasteiger partial charge in [0.2, 0.25) is 6.04 Å². The fraction of sp³-hybridized carbons (Fsp3) is 0.381. The van der Waals surface area contributed by atoms with Crippen LogP contribution in [0.3, 0.4) is 0 Å². The van der Waals surface area contributed by atoms with E-state index in [1.54, 1.807) is 22.4 Å². The van der Waals surface area contributed by atoms with Crippen LogP contribution in [0.15, 0.2) is 352 Å². The minimum atomic E-state index is 0.159. The van der Waals surface area contributed by atoms with Crippen molar-refractivity contribution in [1.82, 2.24) is 0 Å². The summed E-state index contributed by atoms with van der Waals surface area (Å²) in [5.74, 6) is 4.16. The number of unbranched alkanes of at least 4 members (excludes halogenated alkanes) is 4. The topological polar surface area (TPSA) is 20.1 Å². The number of para-hydroxylation sites is 5. The van der Waals surface area contributed by atoms with E-state index in [0.717, 1.165) is 23.6 Å². The van der Waals surface area contributed by atoms with Gasteiger partial charge in [-0.25, -0.2) is 0 Å². The number of aryl methyl sites for hydroxylation is 3. The number of aromatic nitrogens is 1. The molecule has 14 aromatic rings. The Bertz CT molecular complexity index is 5730. The van der Waals surface area contributed by atoms with Crippen LogP contribution < -0.4 is 29.1 Å². The first-order chi connectivity index (χ1) is 67.6. The van der Waals surface area contributed by atoms with E-state index in [2.05, 4.69) is 527 Å². The van der Waals surface area contributed by atoms with E-state index < -0.39 is 0 Å². The minimum absolute atomic E-state index is 0.159. The number of rotatable bonds is 32. The molecule has 17 rings (SSSR count). The Morgan fingerprint density at radius 2 is 0.600 bits per heavy atom. The molecule has 0 bridgehead atoms. The summed E-state index contributed by atoms with van der Waals surface area (Å²) in [5, 5.41) is 0. The van der Waals surface area contributed by atoms with Gasteiger partial charge in [-0.15, -0.1) is 0 Å². The molecule has 3 aliphatic rings. The van der Waals surface area contributed by atoms with Gasteiger partial charge in [0.05, 0.1) is 0 Å². The molecule has 4 heterocycles. The number of hydrogen-bond acceptors (Lipinski definition) is 5. The van der Waals surface area contributed by atoms with Crippen molar-refractivity contribution in [3.63, 3.8) is 0 Å².